The molecule has 0 saturated carbocycles. The fourth-order valence-corrected chi connectivity index (χ4v) is 3.33. The molecule has 2 heterocycles. The van der Waals surface area contributed by atoms with E-state index in [2.05, 4.69) is 20.6 Å². The summed E-state index contributed by atoms with van der Waals surface area (Å²) in [5, 5.41) is 26.1. The SMILES string of the molecule is Oc1ccc(Cc2nnc3sc(Nc4cccc(F)c4)nn23)cc1Cl. The molecular weight excluding hydrogens is 365 g/mol. The van der Waals surface area contributed by atoms with Crippen molar-refractivity contribution in [3.8, 4) is 5.75 Å². The third kappa shape index (κ3) is 3.26. The van der Waals surface area contributed by atoms with Gasteiger partial charge in [0.2, 0.25) is 10.1 Å². The monoisotopic (exact) mass is 375 g/mol. The first-order chi connectivity index (χ1) is 12.1. The summed E-state index contributed by atoms with van der Waals surface area (Å²) in [5.41, 5.74) is 1.49. The van der Waals surface area contributed by atoms with Crippen LogP contribution >= 0.6 is 22.9 Å². The molecular formula is C16H11ClFN5OS. The maximum atomic E-state index is 13.3. The summed E-state index contributed by atoms with van der Waals surface area (Å²) in [6.07, 6.45) is 0.463. The zero-order valence-electron chi connectivity index (χ0n) is 12.6. The first kappa shape index (κ1) is 15.8. The van der Waals surface area contributed by atoms with Gasteiger partial charge in [-0.1, -0.05) is 35.1 Å². The predicted octanol–water partition coefficient (Wildman–Crippen LogP) is 4.02. The van der Waals surface area contributed by atoms with E-state index in [0.717, 1.165) is 5.56 Å². The number of nitrogens with one attached hydrogen (secondary N) is 1. The van der Waals surface area contributed by atoms with Gasteiger partial charge in [0.1, 0.15) is 11.6 Å². The zero-order valence-corrected chi connectivity index (χ0v) is 14.2. The Morgan fingerprint density at radius 2 is 2.08 bits per heavy atom. The fourth-order valence-electron chi connectivity index (χ4n) is 2.35. The molecule has 2 N–H and O–H groups in total. The molecule has 2 aromatic carbocycles. The summed E-state index contributed by atoms with van der Waals surface area (Å²) in [5.74, 6) is 0.352. The maximum absolute atomic E-state index is 13.3. The fraction of sp³-hybridized carbons (Fsp3) is 0.0625. The molecule has 0 radical (unpaired) electrons. The van der Waals surface area contributed by atoms with Crippen molar-refractivity contribution in [1.29, 1.82) is 0 Å². The number of aromatic nitrogens is 4. The lowest BCUT2D eigenvalue weighted by Gasteiger charge is -2.02. The molecule has 2 aromatic heterocycles. The Bertz CT molecular complexity index is 1060. The first-order valence-electron chi connectivity index (χ1n) is 7.29. The quantitative estimate of drug-likeness (QED) is 0.563. The average Bonchev–Trinajstić information content (AvgIpc) is 3.12. The van der Waals surface area contributed by atoms with Crippen LogP contribution in [0.5, 0.6) is 5.75 Å². The Morgan fingerprint density at radius 3 is 2.88 bits per heavy atom. The van der Waals surface area contributed by atoms with Gasteiger partial charge in [-0.05, 0) is 35.9 Å². The van der Waals surface area contributed by atoms with Crippen LogP contribution in [0.4, 0.5) is 15.2 Å². The molecule has 4 rings (SSSR count). The minimum Gasteiger partial charge on any atom is -0.506 e. The Balaban J connectivity index is 1.60. The Labute approximate surface area is 150 Å². The van der Waals surface area contributed by atoms with Crippen LogP contribution in [0.1, 0.15) is 11.4 Å². The van der Waals surface area contributed by atoms with Gasteiger partial charge in [0.25, 0.3) is 0 Å². The lowest BCUT2D eigenvalue weighted by atomic mass is 10.1. The van der Waals surface area contributed by atoms with Crippen molar-refractivity contribution in [3.63, 3.8) is 0 Å². The molecule has 0 saturated heterocycles. The van der Waals surface area contributed by atoms with Gasteiger partial charge in [-0.2, -0.15) is 4.52 Å². The highest BCUT2D eigenvalue weighted by Crippen LogP contribution is 2.26. The predicted molar refractivity (Wildman–Crippen MR) is 94.3 cm³/mol. The van der Waals surface area contributed by atoms with Gasteiger partial charge in [-0.3, -0.25) is 0 Å². The number of fused-ring (bicyclic) bond motifs is 1. The third-order valence-corrected chi connectivity index (χ3v) is 4.62. The second-order valence-electron chi connectivity index (χ2n) is 5.32. The molecule has 25 heavy (non-hydrogen) atoms. The van der Waals surface area contributed by atoms with E-state index in [1.165, 1.54) is 29.5 Å². The molecule has 0 bridgehead atoms. The minimum atomic E-state index is -0.321. The van der Waals surface area contributed by atoms with Crippen molar-refractivity contribution in [2.45, 2.75) is 6.42 Å². The maximum Gasteiger partial charge on any atom is 0.236 e. The molecule has 4 aromatic rings. The molecule has 9 heteroatoms. The van der Waals surface area contributed by atoms with Crippen molar-refractivity contribution >= 4 is 38.7 Å². The molecule has 0 amide bonds. The Hall–Kier alpha value is -2.71. The highest BCUT2D eigenvalue weighted by atomic mass is 35.5. The number of hydrogen-bond acceptors (Lipinski definition) is 6. The molecule has 0 unspecified atom stereocenters. The van der Waals surface area contributed by atoms with Gasteiger partial charge in [0.15, 0.2) is 5.82 Å². The standard InChI is InChI=1S/C16H11ClFN5OS/c17-12-6-9(4-5-13(12)24)7-14-20-21-16-23(14)22-15(25-16)19-11-3-1-2-10(18)8-11/h1-6,8,24H,7H2,(H,19,22). The van der Waals surface area contributed by atoms with Crippen LogP contribution in [0.15, 0.2) is 42.5 Å². The number of anilines is 2. The topological polar surface area (TPSA) is 75.3 Å². The van der Waals surface area contributed by atoms with Crippen LogP contribution < -0.4 is 5.32 Å². The van der Waals surface area contributed by atoms with E-state index in [4.69, 9.17) is 11.6 Å². The van der Waals surface area contributed by atoms with E-state index in [9.17, 15) is 9.50 Å². The van der Waals surface area contributed by atoms with Crippen LogP contribution in [-0.4, -0.2) is 24.9 Å². The summed E-state index contributed by atoms with van der Waals surface area (Å²) in [6, 6.07) is 11.1. The van der Waals surface area contributed by atoms with Gasteiger partial charge in [0.05, 0.1) is 5.02 Å². The van der Waals surface area contributed by atoms with Crippen LogP contribution in [0.3, 0.4) is 0 Å². The molecule has 0 spiro atoms. The molecule has 0 aliphatic rings. The van der Waals surface area contributed by atoms with Crippen molar-refractivity contribution in [1.82, 2.24) is 19.8 Å². The summed E-state index contributed by atoms with van der Waals surface area (Å²) >= 11 is 7.25. The molecule has 126 valence electrons. The summed E-state index contributed by atoms with van der Waals surface area (Å²) in [7, 11) is 0. The lowest BCUT2D eigenvalue weighted by molar-refractivity contribution is 0.475. The highest BCUT2D eigenvalue weighted by molar-refractivity contribution is 7.20. The third-order valence-electron chi connectivity index (χ3n) is 3.51. The molecule has 0 aliphatic carbocycles. The molecule has 0 atom stereocenters. The van der Waals surface area contributed by atoms with Crippen LogP contribution in [0.25, 0.3) is 4.96 Å². The number of halogens is 2. The van der Waals surface area contributed by atoms with E-state index < -0.39 is 0 Å². The number of aromatic hydroxyl groups is 1. The minimum absolute atomic E-state index is 0.0343. The average molecular weight is 376 g/mol. The van der Waals surface area contributed by atoms with Crippen LogP contribution in [0, 0.1) is 5.82 Å². The highest BCUT2D eigenvalue weighted by Gasteiger charge is 2.13. The van der Waals surface area contributed by atoms with Crippen LogP contribution in [-0.2, 0) is 6.42 Å². The molecule has 0 fully saturated rings. The van der Waals surface area contributed by atoms with Gasteiger partial charge >= 0.3 is 0 Å². The normalized spacial score (nSPS) is 11.1. The smallest absolute Gasteiger partial charge is 0.236 e. The van der Waals surface area contributed by atoms with Crippen molar-refractivity contribution in [2.75, 3.05) is 5.32 Å². The van der Waals surface area contributed by atoms with Gasteiger partial charge in [-0.25, -0.2) is 4.39 Å². The van der Waals surface area contributed by atoms with Crippen LogP contribution in [0.2, 0.25) is 5.02 Å². The molecule has 6 nitrogen and oxygen atoms in total. The molecule has 0 aliphatic heterocycles. The van der Waals surface area contributed by atoms with Crippen molar-refractivity contribution in [3.05, 3.63) is 64.7 Å². The Morgan fingerprint density at radius 1 is 1.20 bits per heavy atom. The van der Waals surface area contributed by atoms with Gasteiger partial charge in [-0.15, -0.1) is 15.3 Å². The summed E-state index contributed by atoms with van der Waals surface area (Å²) < 4.78 is 14.9. The van der Waals surface area contributed by atoms with E-state index in [1.807, 2.05) is 0 Å². The second-order valence-corrected chi connectivity index (χ2v) is 6.68. The second kappa shape index (κ2) is 6.30. The lowest BCUT2D eigenvalue weighted by Crippen LogP contribution is -1.99. The number of phenolic OH excluding ortho intramolecular Hbond substituents is 1. The van der Waals surface area contributed by atoms with E-state index >= 15 is 0 Å². The number of hydrogen-bond donors (Lipinski definition) is 2. The number of nitrogens with zero attached hydrogens (tertiary/aromatic N) is 4. The summed E-state index contributed by atoms with van der Waals surface area (Å²) in [6.45, 7) is 0. The van der Waals surface area contributed by atoms with Gasteiger partial charge < -0.3 is 10.4 Å². The largest absolute Gasteiger partial charge is 0.506 e. The van der Waals surface area contributed by atoms with E-state index in [0.29, 0.717) is 28.0 Å². The number of benzene rings is 2. The van der Waals surface area contributed by atoms with E-state index in [1.54, 1.807) is 28.8 Å². The number of rotatable bonds is 4. The first-order valence-corrected chi connectivity index (χ1v) is 8.49. The summed E-state index contributed by atoms with van der Waals surface area (Å²) in [4.78, 5) is 0.624. The van der Waals surface area contributed by atoms with Crippen molar-refractivity contribution < 1.29 is 9.50 Å². The Kier molecular flexibility index (Phi) is 3.98. The van der Waals surface area contributed by atoms with E-state index in [-0.39, 0.29) is 16.6 Å². The zero-order chi connectivity index (χ0) is 17.4. The van der Waals surface area contributed by atoms with Gasteiger partial charge in [0, 0.05) is 12.1 Å². The number of phenols is 1. The van der Waals surface area contributed by atoms with Crippen molar-refractivity contribution in [2.24, 2.45) is 0 Å².